The Labute approximate surface area is 192 Å². The number of nitrogens with one attached hydrogen (secondary N) is 1. The fourth-order valence-corrected chi connectivity index (χ4v) is 5.58. The molecule has 174 valence electrons. The van der Waals surface area contributed by atoms with E-state index < -0.39 is 22.0 Å². The number of benzene rings is 2. The van der Waals surface area contributed by atoms with Gasteiger partial charge >= 0.3 is 5.97 Å². The van der Waals surface area contributed by atoms with Gasteiger partial charge in [0.1, 0.15) is 0 Å². The Morgan fingerprint density at radius 1 is 1.00 bits per heavy atom. The largest absolute Gasteiger partial charge is 0.465 e. The van der Waals surface area contributed by atoms with Gasteiger partial charge in [-0.15, -0.1) is 0 Å². The molecular formula is C23H25N3O6S. The Morgan fingerprint density at radius 3 is 2.24 bits per heavy atom. The minimum Gasteiger partial charge on any atom is -0.465 e. The number of piperidine rings is 1. The number of ether oxygens (including phenoxy) is 1. The van der Waals surface area contributed by atoms with Gasteiger partial charge < -0.3 is 4.74 Å². The average Bonchev–Trinajstić information content (AvgIpc) is 3.13. The van der Waals surface area contributed by atoms with Crippen molar-refractivity contribution in [3.8, 4) is 0 Å². The maximum atomic E-state index is 13.0. The van der Waals surface area contributed by atoms with Gasteiger partial charge in [0.15, 0.2) is 0 Å². The van der Waals surface area contributed by atoms with E-state index in [1.807, 2.05) is 4.90 Å². The molecule has 0 aromatic heterocycles. The molecule has 2 amide bonds. The molecule has 2 aliphatic heterocycles. The molecule has 0 saturated carbocycles. The summed E-state index contributed by atoms with van der Waals surface area (Å²) in [5.41, 5.74) is 0.739. The third-order valence-electron chi connectivity index (χ3n) is 6.02. The van der Waals surface area contributed by atoms with Crippen LogP contribution in [0.1, 0.15) is 29.6 Å². The van der Waals surface area contributed by atoms with Crippen molar-refractivity contribution in [2.24, 2.45) is 0 Å². The predicted molar refractivity (Wildman–Crippen MR) is 120 cm³/mol. The predicted octanol–water partition coefficient (Wildman–Crippen LogP) is 1.55. The van der Waals surface area contributed by atoms with Gasteiger partial charge in [0, 0.05) is 19.1 Å². The second kappa shape index (κ2) is 9.42. The van der Waals surface area contributed by atoms with Crippen LogP contribution in [0.5, 0.6) is 0 Å². The summed E-state index contributed by atoms with van der Waals surface area (Å²) in [6.45, 7) is 1.00. The third kappa shape index (κ3) is 4.82. The Balaban J connectivity index is 1.38. The first-order chi connectivity index (χ1) is 15.8. The lowest BCUT2D eigenvalue weighted by molar-refractivity contribution is -0.123. The number of carbonyl (C=O) groups is 3. The van der Waals surface area contributed by atoms with Gasteiger partial charge in [0.05, 0.1) is 35.7 Å². The Kier molecular flexibility index (Phi) is 6.59. The number of carbonyl (C=O) groups excluding carboxylic acids is 3. The second-order valence-electron chi connectivity index (χ2n) is 8.07. The molecule has 10 heteroatoms. The van der Waals surface area contributed by atoms with Crippen LogP contribution in [0.2, 0.25) is 0 Å². The van der Waals surface area contributed by atoms with E-state index in [4.69, 9.17) is 0 Å². The number of sulfonamides is 1. The Hall–Kier alpha value is -3.08. The molecule has 1 unspecified atom stereocenters. The van der Waals surface area contributed by atoms with Crippen LogP contribution in [0.15, 0.2) is 59.5 Å². The number of esters is 1. The highest BCUT2D eigenvalue weighted by Crippen LogP contribution is 2.28. The summed E-state index contributed by atoms with van der Waals surface area (Å²) in [6, 6.07) is 13.5. The lowest BCUT2D eigenvalue weighted by atomic mass is 10.0. The van der Waals surface area contributed by atoms with Crippen LogP contribution >= 0.6 is 0 Å². The summed E-state index contributed by atoms with van der Waals surface area (Å²) in [4.78, 5) is 40.6. The van der Waals surface area contributed by atoms with Gasteiger partial charge in [-0.1, -0.05) is 18.2 Å². The monoisotopic (exact) mass is 471 g/mol. The van der Waals surface area contributed by atoms with Crippen molar-refractivity contribution >= 4 is 33.5 Å². The van der Waals surface area contributed by atoms with Gasteiger partial charge in [-0.3, -0.25) is 14.5 Å². The minimum atomic E-state index is -3.60. The quantitative estimate of drug-likeness (QED) is 0.502. The highest BCUT2D eigenvalue weighted by Gasteiger charge is 2.43. The number of amides is 2. The molecule has 4 rings (SSSR count). The van der Waals surface area contributed by atoms with Crippen molar-refractivity contribution in [2.45, 2.75) is 36.2 Å². The highest BCUT2D eigenvalue weighted by molar-refractivity contribution is 7.89. The molecule has 1 atom stereocenters. The van der Waals surface area contributed by atoms with E-state index in [0.717, 1.165) is 4.90 Å². The van der Waals surface area contributed by atoms with E-state index in [1.54, 1.807) is 42.5 Å². The Bertz CT molecular complexity index is 1140. The van der Waals surface area contributed by atoms with Crippen molar-refractivity contribution in [3.63, 3.8) is 0 Å². The van der Waals surface area contributed by atoms with Gasteiger partial charge in [0.2, 0.25) is 15.9 Å². The first-order valence-corrected chi connectivity index (χ1v) is 12.1. The van der Waals surface area contributed by atoms with E-state index in [9.17, 15) is 22.8 Å². The zero-order valence-electron chi connectivity index (χ0n) is 18.1. The SMILES string of the molecule is COC(=O)c1ccc(N2C(=O)CC(N3CCC(NS(=O)(=O)c4ccccc4)CC3)C2=O)cc1. The smallest absolute Gasteiger partial charge is 0.337 e. The number of anilines is 1. The zero-order chi connectivity index (χ0) is 23.6. The first kappa shape index (κ1) is 23.1. The molecule has 2 heterocycles. The fourth-order valence-electron chi connectivity index (χ4n) is 4.25. The normalized spacial score (nSPS) is 20.3. The molecule has 9 nitrogen and oxygen atoms in total. The summed E-state index contributed by atoms with van der Waals surface area (Å²) in [6.07, 6.45) is 1.15. The van der Waals surface area contributed by atoms with E-state index in [2.05, 4.69) is 9.46 Å². The third-order valence-corrected chi connectivity index (χ3v) is 7.55. The number of hydrogen-bond donors (Lipinski definition) is 1. The first-order valence-electron chi connectivity index (χ1n) is 10.7. The fraction of sp³-hybridized carbons (Fsp3) is 0.348. The van der Waals surface area contributed by atoms with Crippen molar-refractivity contribution in [1.29, 1.82) is 0 Å². The summed E-state index contributed by atoms with van der Waals surface area (Å²) in [5, 5.41) is 0. The van der Waals surface area contributed by atoms with Gasteiger partial charge in [-0.05, 0) is 49.2 Å². The lowest BCUT2D eigenvalue weighted by Gasteiger charge is -2.34. The van der Waals surface area contributed by atoms with Gasteiger partial charge in [-0.2, -0.15) is 0 Å². The molecule has 2 aliphatic rings. The van der Waals surface area contributed by atoms with E-state index in [0.29, 0.717) is 37.2 Å². The Morgan fingerprint density at radius 2 is 1.64 bits per heavy atom. The molecular weight excluding hydrogens is 446 g/mol. The van der Waals surface area contributed by atoms with Gasteiger partial charge in [0.25, 0.3) is 5.91 Å². The van der Waals surface area contributed by atoms with Crippen LogP contribution in [-0.4, -0.2) is 63.4 Å². The zero-order valence-corrected chi connectivity index (χ0v) is 19.0. The van der Waals surface area contributed by atoms with Crippen LogP contribution in [0.3, 0.4) is 0 Å². The van der Waals surface area contributed by atoms with Crippen molar-refractivity contribution < 1.29 is 27.5 Å². The molecule has 2 aromatic rings. The summed E-state index contributed by atoms with van der Waals surface area (Å²) in [5.74, 6) is -1.11. The van der Waals surface area contributed by atoms with Gasteiger partial charge in [-0.25, -0.2) is 22.8 Å². The molecule has 0 spiro atoms. The van der Waals surface area contributed by atoms with E-state index in [1.165, 1.54) is 19.2 Å². The number of likely N-dealkylation sites (tertiary alicyclic amines) is 1. The van der Waals surface area contributed by atoms with Crippen LogP contribution in [0, 0.1) is 0 Å². The molecule has 0 bridgehead atoms. The van der Waals surface area contributed by atoms with Crippen molar-refractivity contribution in [3.05, 3.63) is 60.2 Å². The number of rotatable bonds is 6. The van der Waals surface area contributed by atoms with E-state index >= 15 is 0 Å². The number of hydrogen-bond acceptors (Lipinski definition) is 7. The average molecular weight is 472 g/mol. The maximum Gasteiger partial charge on any atom is 0.337 e. The van der Waals surface area contributed by atoms with E-state index in [-0.39, 0.29) is 29.2 Å². The number of methoxy groups -OCH3 is 1. The second-order valence-corrected chi connectivity index (χ2v) is 9.78. The molecule has 2 fully saturated rings. The number of nitrogens with zero attached hydrogens (tertiary/aromatic N) is 2. The summed E-state index contributed by atoms with van der Waals surface area (Å²) < 4.78 is 32.5. The van der Waals surface area contributed by atoms with Crippen LogP contribution in [0.25, 0.3) is 0 Å². The van der Waals surface area contributed by atoms with Crippen LogP contribution in [-0.2, 0) is 24.3 Å². The molecule has 1 N–H and O–H groups in total. The molecule has 2 saturated heterocycles. The number of imide groups is 1. The van der Waals surface area contributed by atoms with Crippen molar-refractivity contribution in [2.75, 3.05) is 25.1 Å². The topological polar surface area (TPSA) is 113 Å². The summed E-state index contributed by atoms with van der Waals surface area (Å²) >= 11 is 0. The standard InChI is InChI=1S/C23H25N3O6S/c1-32-23(29)16-7-9-18(10-8-16)26-21(27)15-20(22(26)28)25-13-11-17(12-14-25)24-33(30,31)19-5-3-2-4-6-19/h2-10,17,20,24H,11-15H2,1H3. The molecule has 0 radical (unpaired) electrons. The maximum absolute atomic E-state index is 13.0. The highest BCUT2D eigenvalue weighted by atomic mass is 32.2. The van der Waals surface area contributed by atoms with Crippen LogP contribution < -0.4 is 9.62 Å². The summed E-state index contributed by atoms with van der Waals surface area (Å²) in [7, 11) is -2.32. The molecule has 0 aliphatic carbocycles. The molecule has 2 aromatic carbocycles. The van der Waals surface area contributed by atoms with Crippen molar-refractivity contribution in [1.82, 2.24) is 9.62 Å². The minimum absolute atomic E-state index is 0.0675. The lowest BCUT2D eigenvalue weighted by Crippen LogP contribution is -2.50. The van der Waals surface area contributed by atoms with Crippen LogP contribution in [0.4, 0.5) is 5.69 Å². The molecule has 33 heavy (non-hydrogen) atoms.